The van der Waals surface area contributed by atoms with Crippen molar-refractivity contribution in [2.24, 2.45) is 0 Å². The van der Waals surface area contributed by atoms with E-state index in [0.717, 1.165) is 4.90 Å². The van der Waals surface area contributed by atoms with Crippen molar-refractivity contribution in [2.75, 3.05) is 13.2 Å². The Morgan fingerprint density at radius 3 is 2.62 bits per heavy atom. The summed E-state index contributed by atoms with van der Waals surface area (Å²) < 4.78 is 5.60. The van der Waals surface area contributed by atoms with Crippen molar-refractivity contribution in [3.05, 3.63) is 69.8 Å². The average Bonchev–Trinajstić information content (AvgIpc) is 2.92. The van der Waals surface area contributed by atoms with Gasteiger partial charge in [0, 0.05) is 12.1 Å². The SMILES string of the molecule is CC(=O)c1ccccc1OCCN1C(=O)NC(C)(c2cccc([N+](=O)[O-])c2)C1=O. The monoisotopic (exact) mass is 397 g/mol. The molecule has 1 aliphatic rings. The maximum Gasteiger partial charge on any atom is 0.325 e. The number of rotatable bonds is 7. The highest BCUT2D eigenvalue weighted by Gasteiger charge is 2.49. The van der Waals surface area contributed by atoms with Gasteiger partial charge in [0.05, 0.1) is 17.0 Å². The number of carbonyl (C=O) groups excluding carboxylic acids is 3. The highest BCUT2D eigenvalue weighted by Crippen LogP contribution is 2.30. The average molecular weight is 397 g/mol. The van der Waals surface area contributed by atoms with Gasteiger partial charge >= 0.3 is 6.03 Å². The van der Waals surface area contributed by atoms with Crippen LogP contribution in [0.15, 0.2) is 48.5 Å². The molecule has 9 heteroatoms. The van der Waals surface area contributed by atoms with E-state index in [0.29, 0.717) is 16.9 Å². The van der Waals surface area contributed by atoms with Gasteiger partial charge in [-0.1, -0.05) is 24.3 Å². The summed E-state index contributed by atoms with van der Waals surface area (Å²) >= 11 is 0. The van der Waals surface area contributed by atoms with Gasteiger partial charge in [0.25, 0.3) is 11.6 Å². The van der Waals surface area contributed by atoms with Crippen LogP contribution in [0.2, 0.25) is 0 Å². The number of nitro benzene ring substituents is 1. The van der Waals surface area contributed by atoms with Crippen LogP contribution >= 0.6 is 0 Å². The zero-order valence-electron chi connectivity index (χ0n) is 15.9. The number of para-hydroxylation sites is 1. The lowest BCUT2D eigenvalue weighted by Gasteiger charge is -2.22. The van der Waals surface area contributed by atoms with Crippen LogP contribution in [-0.4, -0.2) is 40.7 Å². The van der Waals surface area contributed by atoms with Gasteiger partial charge in [-0.25, -0.2) is 4.79 Å². The van der Waals surface area contributed by atoms with Crippen LogP contribution in [-0.2, 0) is 10.3 Å². The Kier molecular flexibility index (Phi) is 5.31. The number of hydrogen-bond acceptors (Lipinski definition) is 6. The zero-order chi connectivity index (χ0) is 21.2. The number of ketones is 1. The van der Waals surface area contributed by atoms with Crippen molar-refractivity contribution in [3.8, 4) is 5.75 Å². The van der Waals surface area contributed by atoms with Crippen LogP contribution in [0.5, 0.6) is 5.75 Å². The van der Waals surface area contributed by atoms with Crippen molar-refractivity contribution in [3.63, 3.8) is 0 Å². The largest absolute Gasteiger partial charge is 0.491 e. The van der Waals surface area contributed by atoms with E-state index in [4.69, 9.17) is 4.74 Å². The lowest BCUT2D eigenvalue weighted by molar-refractivity contribution is -0.385. The second-order valence-corrected chi connectivity index (χ2v) is 6.72. The summed E-state index contributed by atoms with van der Waals surface area (Å²) in [5.41, 5.74) is -0.865. The van der Waals surface area contributed by atoms with Gasteiger partial charge in [-0.05, 0) is 31.5 Å². The molecule has 2 aromatic rings. The molecule has 2 aromatic carbocycles. The first kappa shape index (κ1) is 20.0. The van der Waals surface area contributed by atoms with Crippen molar-refractivity contribution < 1.29 is 24.0 Å². The molecule has 0 aliphatic carbocycles. The van der Waals surface area contributed by atoms with Gasteiger partial charge in [-0.3, -0.25) is 24.6 Å². The lowest BCUT2D eigenvalue weighted by atomic mass is 9.91. The molecule has 1 aliphatic heterocycles. The number of ether oxygens (including phenoxy) is 1. The Morgan fingerprint density at radius 2 is 1.93 bits per heavy atom. The number of nitro groups is 1. The lowest BCUT2D eigenvalue weighted by Crippen LogP contribution is -2.41. The first-order valence-corrected chi connectivity index (χ1v) is 8.86. The molecule has 3 rings (SSSR count). The van der Waals surface area contributed by atoms with Crippen molar-refractivity contribution in [2.45, 2.75) is 19.4 Å². The van der Waals surface area contributed by atoms with Gasteiger partial charge < -0.3 is 10.1 Å². The number of imide groups is 1. The van der Waals surface area contributed by atoms with Crippen molar-refractivity contribution in [1.82, 2.24) is 10.2 Å². The Morgan fingerprint density at radius 1 is 1.21 bits per heavy atom. The number of hydrogen-bond donors (Lipinski definition) is 1. The topological polar surface area (TPSA) is 119 Å². The fourth-order valence-corrected chi connectivity index (χ4v) is 3.16. The molecular weight excluding hydrogens is 378 g/mol. The van der Waals surface area contributed by atoms with E-state index in [1.165, 1.54) is 32.0 Å². The van der Waals surface area contributed by atoms with Crippen LogP contribution in [0.4, 0.5) is 10.5 Å². The number of amides is 3. The van der Waals surface area contributed by atoms with Crippen LogP contribution < -0.4 is 10.1 Å². The van der Waals surface area contributed by atoms with Crippen LogP contribution in [0.25, 0.3) is 0 Å². The van der Waals surface area contributed by atoms with Gasteiger partial charge in [-0.15, -0.1) is 0 Å². The Hall–Kier alpha value is -3.75. The maximum absolute atomic E-state index is 12.9. The van der Waals surface area contributed by atoms with E-state index in [1.807, 2.05) is 0 Å². The highest BCUT2D eigenvalue weighted by atomic mass is 16.6. The van der Waals surface area contributed by atoms with E-state index in [1.54, 1.807) is 30.3 Å². The molecule has 150 valence electrons. The third-order valence-corrected chi connectivity index (χ3v) is 4.75. The summed E-state index contributed by atoms with van der Waals surface area (Å²) in [5, 5.41) is 13.6. The van der Waals surface area contributed by atoms with E-state index in [2.05, 4.69) is 5.32 Å². The van der Waals surface area contributed by atoms with E-state index < -0.39 is 22.4 Å². The standard InChI is InChI=1S/C20H19N3O6/c1-13(24)16-8-3-4-9-17(16)29-11-10-22-18(25)20(2,21-19(22)26)14-6-5-7-15(12-14)23(27)28/h3-9,12H,10-11H2,1-2H3,(H,21,26). The molecule has 1 atom stereocenters. The van der Waals surface area contributed by atoms with Gasteiger partial charge in [0.15, 0.2) is 5.78 Å². The number of non-ortho nitro benzene ring substituents is 1. The third-order valence-electron chi connectivity index (χ3n) is 4.75. The minimum atomic E-state index is -1.42. The quantitative estimate of drug-likeness (QED) is 0.332. The number of nitrogens with one attached hydrogen (secondary N) is 1. The molecule has 29 heavy (non-hydrogen) atoms. The molecule has 0 saturated carbocycles. The second kappa shape index (κ2) is 7.70. The third kappa shape index (κ3) is 3.79. The summed E-state index contributed by atoms with van der Waals surface area (Å²) in [5.74, 6) is -0.325. The van der Waals surface area contributed by atoms with Gasteiger partial charge in [0.2, 0.25) is 0 Å². The normalized spacial score (nSPS) is 18.5. The first-order valence-electron chi connectivity index (χ1n) is 8.86. The molecule has 3 amide bonds. The number of urea groups is 1. The molecule has 1 N–H and O–H groups in total. The molecule has 9 nitrogen and oxygen atoms in total. The molecule has 0 spiro atoms. The highest BCUT2D eigenvalue weighted by molar-refractivity contribution is 6.07. The maximum atomic E-state index is 12.9. The molecule has 0 radical (unpaired) electrons. The van der Waals surface area contributed by atoms with Gasteiger partial charge in [0.1, 0.15) is 17.9 Å². The molecule has 1 saturated heterocycles. The van der Waals surface area contributed by atoms with E-state index in [9.17, 15) is 24.5 Å². The number of carbonyl (C=O) groups is 3. The predicted molar refractivity (Wildman–Crippen MR) is 103 cm³/mol. The molecular formula is C20H19N3O6. The zero-order valence-corrected chi connectivity index (χ0v) is 15.9. The second-order valence-electron chi connectivity index (χ2n) is 6.72. The summed E-state index contributed by atoms with van der Waals surface area (Å²) in [6.07, 6.45) is 0. The molecule has 0 bridgehead atoms. The fourth-order valence-electron chi connectivity index (χ4n) is 3.16. The molecule has 0 aromatic heterocycles. The Labute approximate surface area is 166 Å². The smallest absolute Gasteiger partial charge is 0.325 e. The molecule has 1 fully saturated rings. The molecule has 1 heterocycles. The summed E-state index contributed by atoms with van der Waals surface area (Å²) in [6.45, 7) is 2.87. The Bertz CT molecular complexity index is 1010. The van der Waals surface area contributed by atoms with Crippen LogP contribution in [0.1, 0.15) is 29.8 Å². The Balaban J connectivity index is 1.73. The fraction of sp³-hybridized carbons (Fsp3) is 0.250. The minimum absolute atomic E-state index is 0.00549. The van der Waals surface area contributed by atoms with Crippen molar-refractivity contribution >= 4 is 23.4 Å². The number of nitrogens with zero attached hydrogens (tertiary/aromatic N) is 2. The molecule has 1 unspecified atom stereocenters. The summed E-state index contributed by atoms with van der Waals surface area (Å²) in [6, 6.07) is 11.7. The van der Waals surface area contributed by atoms with E-state index >= 15 is 0 Å². The first-order chi connectivity index (χ1) is 13.7. The summed E-state index contributed by atoms with van der Waals surface area (Å²) in [7, 11) is 0. The number of benzene rings is 2. The minimum Gasteiger partial charge on any atom is -0.491 e. The number of Topliss-reactive ketones (excluding diaryl/α,β-unsaturated/α-hetero) is 1. The van der Waals surface area contributed by atoms with Gasteiger partial charge in [-0.2, -0.15) is 0 Å². The van der Waals surface area contributed by atoms with Crippen LogP contribution in [0.3, 0.4) is 0 Å². The summed E-state index contributed by atoms with van der Waals surface area (Å²) in [4.78, 5) is 48.4. The van der Waals surface area contributed by atoms with Crippen molar-refractivity contribution in [1.29, 1.82) is 0 Å². The van der Waals surface area contributed by atoms with E-state index in [-0.39, 0.29) is 24.6 Å². The van der Waals surface area contributed by atoms with Crippen LogP contribution in [0, 0.1) is 10.1 Å². The predicted octanol–water partition coefficient (Wildman–Crippen LogP) is 2.64.